The Morgan fingerprint density at radius 1 is 0.327 bits per heavy atom. The summed E-state index contributed by atoms with van der Waals surface area (Å²) < 4.78 is 6.54. The first-order valence-corrected chi connectivity index (χ1v) is 18.2. The van der Waals surface area contributed by atoms with Crippen molar-refractivity contribution < 1.29 is 4.42 Å². The zero-order chi connectivity index (χ0) is 36.3. The topological polar surface area (TPSA) is 77.6 Å². The molecule has 0 aliphatic rings. The highest BCUT2D eigenvalue weighted by atomic mass is 16.3. The van der Waals surface area contributed by atoms with Crippen molar-refractivity contribution >= 4 is 54.3 Å². The normalized spacial score (nSPS) is 11.6. The minimum absolute atomic E-state index is 0.499. The number of aromatic nitrogens is 5. The molecule has 0 N–H and O–H groups in total. The Hall–Kier alpha value is -7.57. The molecule has 11 aromatic rings. The zero-order valence-electron chi connectivity index (χ0n) is 29.4. The summed E-state index contributed by atoms with van der Waals surface area (Å²) in [5.74, 6) is 1.56. The summed E-state index contributed by atoms with van der Waals surface area (Å²) in [5, 5.41) is 9.41. The molecule has 0 aliphatic heterocycles. The third kappa shape index (κ3) is 5.15. The molecule has 0 bridgehead atoms. The molecule has 0 spiro atoms. The predicted molar refractivity (Wildman–Crippen MR) is 222 cm³/mol. The van der Waals surface area contributed by atoms with Gasteiger partial charge in [-0.25, -0.2) is 15.0 Å². The summed E-state index contributed by atoms with van der Waals surface area (Å²) in [7, 11) is 0. The van der Waals surface area contributed by atoms with E-state index in [0.29, 0.717) is 28.9 Å². The smallest absolute Gasteiger partial charge is 0.182 e. The van der Waals surface area contributed by atoms with Crippen LogP contribution in [0.3, 0.4) is 0 Å². The van der Waals surface area contributed by atoms with E-state index in [-0.39, 0.29) is 0 Å². The van der Waals surface area contributed by atoms with Crippen molar-refractivity contribution in [3.05, 3.63) is 176 Å². The highest BCUT2D eigenvalue weighted by Gasteiger charge is 2.19. The Bertz CT molecular complexity index is 3190. The number of rotatable bonds is 5. The van der Waals surface area contributed by atoms with Crippen molar-refractivity contribution in [2.45, 2.75) is 0 Å². The lowest BCUT2D eigenvalue weighted by Crippen LogP contribution is -2.01. The molecule has 0 atom stereocenters. The van der Waals surface area contributed by atoms with Crippen molar-refractivity contribution in [2.75, 3.05) is 0 Å². The van der Waals surface area contributed by atoms with E-state index in [1.165, 1.54) is 32.3 Å². The lowest BCUT2D eigenvalue weighted by atomic mass is 9.87. The second kappa shape index (κ2) is 12.5. The second-order valence-electron chi connectivity index (χ2n) is 13.6. The van der Waals surface area contributed by atoms with Crippen LogP contribution in [0.25, 0.3) is 111 Å². The molecule has 0 aliphatic carbocycles. The van der Waals surface area contributed by atoms with Gasteiger partial charge >= 0.3 is 0 Å². The number of fused-ring (bicyclic) bond motifs is 8. The number of nitrogens with zero attached hydrogens (tertiary/aromatic N) is 5. The largest absolute Gasteiger partial charge is 0.455 e. The first-order valence-electron chi connectivity index (χ1n) is 18.2. The van der Waals surface area contributed by atoms with E-state index in [0.717, 1.165) is 49.8 Å². The van der Waals surface area contributed by atoms with Crippen LogP contribution in [0.4, 0.5) is 0 Å². The molecule has 6 heteroatoms. The van der Waals surface area contributed by atoms with Gasteiger partial charge in [0.25, 0.3) is 0 Å². The molecule has 55 heavy (non-hydrogen) atoms. The molecule has 4 heterocycles. The highest BCUT2D eigenvalue weighted by molar-refractivity contribution is 6.25. The van der Waals surface area contributed by atoms with Gasteiger partial charge in [-0.1, -0.05) is 121 Å². The van der Waals surface area contributed by atoms with Crippen molar-refractivity contribution in [1.29, 1.82) is 0 Å². The van der Waals surface area contributed by atoms with Crippen LogP contribution in [0.1, 0.15) is 0 Å². The molecular formula is C49H29N5O. The van der Waals surface area contributed by atoms with E-state index in [4.69, 9.17) is 19.4 Å². The minimum atomic E-state index is 0.499. The van der Waals surface area contributed by atoms with Gasteiger partial charge in [-0.2, -0.15) is 0 Å². The fourth-order valence-corrected chi connectivity index (χ4v) is 7.90. The fraction of sp³-hybridized carbons (Fsp3) is 0. The van der Waals surface area contributed by atoms with E-state index < -0.39 is 0 Å². The maximum Gasteiger partial charge on any atom is 0.182 e. The number of hydrogen-bond acceptors (Lipinski definition) is 6. The van der Waals surface area contributed by atoms with Crippen LogP contribution < -0.4 is 0 Å². The van der Waals surface area contributed by atoms with E-state index in [9.17, 15) is 0 Å². The number of pyridine rings is 2. The quantitative estimate of drug-likeness (QED) is 0.166. The summed E-state index contributed by atoms with van der Waals surface area (Å²) in [5.41, 5.74) is 8.53. The molecule has 0 fully saturated rings. The molecule has 11 rings (SSSR count). The standard InChI is InChI=1S/C49H29N5O/c1-2-13-33-32(12-1)39(30-22-24-31(25-23-30)47-52-48(43-19-7-9-26-50-43)54-49(53-47)44-20-8-10-27-51-44)28-41-35-15-4-3-14-34(35)40(29-42(33)41)38-18-11-17-37-36-16-5-6-21-45(36)55-46(37)38/h1-29H. The van der Waals surface area contributed by atoms with Crippen molar-refractivity contribution in [1.82, 2.24) is 24.9 Å². The summed E-state index contributed by atoms with van der Waals surface area (Å²) in [6, 6.07) is 56.8. The van der Waals surface area contributed by atoms with Crippen LogP contribution in [-0.4, -0.2) is 24.9 Å². The Kier molecular flexibility index (Phi) is 7.07. The average molecular weight is 704 g/mol. The number of para-hydroxylation sites is 2. The van der Waals surface area contributed by atoms with Crippen LogP contribution in [0.5, 0.6) is 0 Å². The van der Waals surface area contributed by atoms with Gasteiger partial charge < -0.3 is 4.42 Å². The Labute approximate surface area is 315 Å². The molecule has 7 aromatic carbocycles. The minimum Gasteiger partial charge on any atom is -0.455 e. The first-order chi connectivity index (χ1) is 27.3. The first kappa shape index (κ1) is 31.0. The third-order valence-electron chi connectivity index (χ3n) is 10.5. The Morgan fingerprint density at radius 2 is 0.836 bits per heavy atom. The van der Waals surface area contributed by atoms with Gasteiger partial charge in [0.2, 0.25) is 0 Å². The van der Waals surface area contributed by atoms with Crippen LogP contribution in [0.15, 0.2) is 181 Å². The zero-order valence-corrected chi connectivity index (χ0v) is 29.4. The van der Waals surface area contributed by atoms with Gasteiger partial charge in [0, 0.05) is 34.3 Å². The summed E-state index contributed by atoms with van der Waals surface area (Å²) in [4.78, 5) is 23.5. The second-order valence-corrected chi connectivity index (χ2v) is 13.6. The third-order valence-corrected chi connectivity index (χ3v) is 10.5. The maximum atomic E-state index is 6.54. The number of furan rings is 1. The molecule has 0 saturated heterocycles. The van der Waals surface area contributed by atoms with Gasteiger partial charge in [-0.05, 0) is 91.5 Å². The van der Waals surface area contributed by atoms with Crippen LogP contribution >= 0.6 is 0 Å². The summed E-state index contributed by atoms with van der Waals surface area (Å²) in [6.45, 7) is 0. The van der Waals surface area contributed by atoms with E-state index in [2.05, 4.69) is 125 Å². The Balaban J connectivity index is 1.08. The molecule has 256 valence electrons. The maximum absolute atomic E-state index is 6.54. The molecule has 0 saturated carbocycles. The lowest BCUT2D eigenvalue weighted by Gasteiger charge is -2.16. The summed E-state index contributed by atoms with van der Waals surface area (Å²) in [6.07, 6.45) is 3.49. The monoisotopic (exact) mass is 703 g/mol. The predicted octanol–water partition coefficient (Wildman–Crippen LogP) is 12.4. The number of hydrogen-bond donors (Lipinski definition) is 0. The molecule has 0 unspecified atom stereocenters. The van der Waals surface area contributed by atoms with Gasteiger partial charge in [0.05, 0.1) is 0 Å². The van der Waals surface area contributed by atoms with E-state index in [1.807, 2.05) is 48.5 Å². The average Bonchev–Trinajstić information content (AvgIpc) is 3.65. The van der Waals surface area contributed by atoms with Crippen molar-refractivity contribution in [3.8, 4) is 56.7 Å². The fourth-order valence-electron chi connectivity index (χ4n) is 7.90. The van der Waals surface area contributed by atoms with Crippen molar-refractivity contribution in [3.63, 3.8) is 0 Å². The molecular weight excluding hydrogens is 675 g/mol. The lowest BCUT2D eigenvalue weighted by molar-refractivity contribution is 0.670. The van der Waals surface area contributed by atoms with Gasteiger partial charge in [-0.3, -0.25) is 9.97 Å². The van der Waals surface area contributed by atoms with Crippen LogP contribution in [0.2, 0.25) is 0 Å². The van der Waals surface area contributed by atoms with Gasteiger partial charge in [-0.15, -0.1) is 0 Å². The van der Waals surface area contributed by atoms with E-state index in [1.54, 1.807) is 12.4 Å². The van der Waals surface area contributed by atoms with Crippen molar-refractivity contribution in [2.24, 2.45) is 0 Å². The summed E-state index contributed by atoms with van der Waals surface area (Å²) >= 11 is 0. The molecule has 0 radical (unpaired) electrons. The van der Waals surface area contributed by atoms with Crippen LogP contribution in [0, 0.1) is 0 Å². The highest BCUT2D eigenvalue weighted by Crippen LogP contribution is 2.44. The number of benzene rings is 7. The van der Waals surface area contributed by atoms with Crippen LogP contribution in [-0.2, 0) is 0 Å². The molecule has 4 aromatic heterocycles. The molecule has 0 amide bonds. The molecule has 6 nitrogen and oxygen atoms in total. The van der Waals surface area contributed by atoms with Gasteiger partial charge in [0.1, 0.15) is 22.6 Å². The van der Waals surface area contributed by atoms with E-state index >= 15 is 0 Å². The van der Waals surface area contributed by atoms with Gasteiger partial charge in [0.15, 0.2) is 17.5 Å². The Morgan fingerprint density at radius 3 is 1.47 bits per heavy atom. The SMILES string of the molecule is c1ccc(-c2nc(-c3ccc(-c4cc5c6ccccc6c(-c6cccc7c6oc6ccccc67)cc5c5ccccc45)cc3)nc(-c3ccccn3)n2)nc1.